The van der Waals surface area contributed by atoms with Gasteiger partial charge in [-0.05, 0) is 6.92 Å². The molecule has 0 bridgehead atoms. The smallest absolute Gasteiger partial charge is 0.252 e. The summed E-state index contributed by atoms with van der Waals surface area (Å²) in [5.41, 5.74) is 0.574. The summed E-state index contributed by atoms with van der Waals surface area (Å²) in [6.07, 6.45) is 0.0566. The number of nitriles is 1. The van der Waals surface area contributed by atoms with Crippen LogP contribution >= 0.6 is 0 Å². The average molecular weight is 284 g/mol. The van der Waals surface area contributed by atoms with E-state index in [1.54, 1.807) is 6.92 Å². The molecule has 8 nitrogen and oxygen atoms in total. The lowest BCUT2D eigenvalue weighted by Crippen LogP contribution is -2.27. The fraction of sp³-hybridized carbons (Fsp3) is 0.500. The van der Waals surface area contributed by atoms with Crippen LogP contribution in [0, 0.1) is 24.2 Å². The molecular formula is C10H12N4O4S. The lowest BCUT2D eigenvalue weighted by atomic mass is 10.1. The molecule has 1 atom stereocenters. The van der Waals surface area contributed by atoms with Gasteiger partial charge in [0.2, 0.25) is 15.9 Å². The van der Waals surface area contributed by atoms with Gasteiger partial charge in [-0.2, -0.15) is 5.26 Å². The maximum Gasteiger partial charge on any atom is 0.252 e. The Bertz CT molecular complexity index is 658. The van der Waals surface area contributed by atoms with Crippen molar-refractivity contribution in [2.45, 2.75) is 13.3 Å². The minimum Gasteiger partial charge on any atom is -0.336 e. The zero-order valence-corrected chi connectivity index (χ0v) is 11.0. The highest BCUT2D eigenvalue weighted by Crippen LogP contribution is 2.29. The summed E-state index contributed by atoms with van der Waals surface area (Å²) in [5, 5.41) is 17.6. The molecule has 1 unspecified atom stereocenters. The number of anilines is 1. The number of sulfonamides is 1. The van der Waals surface area contributed by atoms with E-state index in [4.69, 9.17) is 14.9 Å². The monoisotopic (exact) mass is 284 g/mol. The molecule has 2 N–H and O–H groups in total. The van der Waals surface area contributed by atoms with Gasteiger partial charge in [-0.3, -0.25) is 9.69 Å². The third kappa shape index (κ3) is 2.74. The predicted octanol–water partition coefficient (Wildman–Crippen LogP) is -0.504. The van der Waals surface area contributed by atoms with Crippen LogP contribution in [0.3, 0.4) is 0 Å². The number of aryl methyl sites for hydroxylation is 1. The SMILES string of the molecule is Cc1noc(N2CC(CS(N)(=O)=O)CC2=O)c1C#N. The lowest BCUT2D eigenvalue weighted by Gasteiger charge is -2.12. The molecule has 19 heavy (non-hydrogen) atoms. The first-order chi connectivity index (χ1) is 8.81. The Morgan fingerprint density at radius 3 is 2.89 bits per heavy atom. The quantitative estimate of drug-likeness (QED) is 0.795. The summed E-state index contributed by atoms with van der Waals surface area (Å²) in [6.45, 7) is 1.74. The van der Waals surface area contributed by atoms with E-state index in [-0.39, 0.29) is 36.1 Å². The van der Waals surface area contributed by atoms with Crippen molar-refractivity contribution < 1.29 is 17.7 Å². The van der Waals surface area contributed by atoms with Gasteiger partial charge in [0.1, 0.15) is 17.3 Å². The van der Waals surface area contributed by atoms with E-state index in [0.29, 0.717) is 5.69 Å². The average Bonchev–Trinajstić information content (AvgIpc) is 2.79. The molecule has 2 heterocycles. The number of amides is 1. The summed E-state index contributed by atoms with van der Waals surface area (Å²) in [7, 11) is -3.64. The molecule has 102 valence electrons. The van der Waals surface area contributed by atoms with Gasteiger partial charge in [0, 0.05) is 18.9 Å². The first-order valence-electron chi connectivity index (χ1n) is 5.49. The molecule has 0 spiro atoms. The molecule has 0 saturated carbocycles. The Hall–Kier alpha value is -1.92. The topological polar surface area (TPSA) is 130 Å². The first-order valence-corrected chi connectivity index (χ1v) is 7.20. The van der Waals surface area contributed by atoms with Crippen LogP contribution in [0.2, 0.25) is 0 Å². The molecule has 0 aliphatic carbocycles. The molecule has 1 aromatic rings. The highest BCUT2D eigenvalue weighted by Gasteiger charge is 2.36. The molecule has 9 heteroatoms. The van der Waals surface area contributed by atoms with E-state index >= 15 is 0 Å². The highest BCUT2D eigenvalue weighted by molar-refractivity contribution is 7.89. The minimum atomic E-state index is -3.64. The predicted molar refractivity (Wildman–Crippen MR) is 64.4 cm³/mol. The van der Waals surface area contributed by atoms with Gasteiger partial charge in [-0.1, -0.05) is 5.16 Å². The number of nitrogens with two attached hydrogens (primary N) is 1. The molecule has 1 fully saturated rings. The second-order valence-corrected chi connectivity index (χ2v) is 6.12. The number of carbonyl (C=O) groups is 1. The van der Waals surface area contributed by atoms with E-state index in [0.717, 1.165) is 0 Å². The molecular weight excluding hydrogens is 272 g/mol. The zero-order chi connectivity index (χ0) is 14.2. The number of nitrogens with zero attached hydrogens (tertiary/aromatic N) is 3. The third-order valence-corrected chi connectivity index (χ3v) is 3.81. The largest absolute Gasteiger partial charge is 0.336 e. The zero-order valence-electron chi connectivity index (χ0n) is 10.2. The highest BCUT2D eigenvalue weighted by atomic mass is 32.2. The van der Waals surface area contributed by atoms with Crippen LogP contribution in [0.5, 0.6) is 0 Å². The van der Waals surface area contributed by atoms with Gasteiger partial charge >= 0.3 is 0 Å². The third-order valence-electron chi connectivity index (χ3n) is 2.87. The van der Waals surface area contributed by atoms with E-state index in [2.05, 4.69) is 5.16 Å². The van der Waals surface area contributed by atoms with Gasteiger partial charge < -0.3 is 4.52 Å². The van der Waals surface area contributed by atoms with E-state index < -0.39 is 15.9 Å². The molecule has 1 aromatic heterocycles. The first kappa shape index (κ1) is 13.5. The molecule has 0 aromatic carbocycles. The van der Waals surface area contributed by atoms with Gasteiger partial charge in [0.05, 0.1) is 5.75 Å². The van der Waals surface area contributed by atoms with E-state index in [1.807, 2.05) is 6.07 Å². The molecule has 1 amide bonds. The fourth-order valence-corrected chi connectivity index (χ4v) is 2.97. The van der Waals surface area contributed by atoms with Crippen molar-refractivity contribution in [1.29, 1.82) is 5.26 Å². The van der Waals surface area contributed by atoms with E-state index in [9.17, 15) is 13.2 Å². The van der Waals surface area contributed by atoms with Gasteiger partial charge in [-0.15, -0.1) is 0 Å². The molecule has 0 radical (unpaired) electrons. The summed E-state index contributed by atoms with van der Waals surface area (Å²) in [6, 6.07) is 1.91. The van der Waals surface area contributed by atoms with Crippen molar-refractivity contribution in [2.75, 3.05) is 17.2 Å². The number of rotatable bonds is 3. The van der Waals surface area contributed by atoms with Gasteiger partial charge in [0.25, 0.3) is 5.88 Å². The van der Waals surface area contributed by atoms with Crippen LogP contribution in [-0.2, 0) is 14.8 Å². The summed E-state index contributed by atoms with van der Waals surface area (Å²) in [4.78, 5) is 13.1. The normalized spacial score (nSPS) is 19.7. The second-order valence-electron chi connectivity index (χ2n) is 4.46. The van der Waals surface area contributed by atoms with Gasteiger partial charge in [0.15, 0.2) is 0 Å². The maximum absolute atomic E-state index is 11.8. The van der Waals surface area contributed by atoms with Gasteiger partial charge in [-0.25, -0.2) is 13.6 Å². The van der Waals surface area contributed by atoms with Crippen LogP contribution in [0.25, 0.3) is 0 Å². The molecule has 1 aliphatic heterocycles. The Balaban J connectivity index is 2.23. The van der Waals surface area contributed by atoms with Crippen molar-refractivity contribution in [3.05, 3.63) is 11.3 Å². The van der Waals surface area contributed by atoms with Crippen LogP contribution in [0.15, 0.2) is 4.52 Å². The minimum absolute atomic E-state index is 0.0566. The second kappa shape index (κ2) is 4.64. The van der Waals surface area contributed by atoms with Crippen molar-refractivity contribution >= 4 is 21.8 Å². The van der Waals surface area contributed by atoms with Crippen molar-refractivity contribution in [3.63, 3.8) is 0 Å². The van der Waals surface area contributed by atoms with Crippen LogP contribution in [-0.4, -0.2) is 31.8 Å². The molecule has 1 aliphatic rings. The van der Waals surface area contributed by atoms with Crippen molar-refractivity contribution in [2.24, 2.45) is 11.1 Å². The van der Waals surface area contributed by atoms with Crippen molar-refractivity contribution in [3.8, 4) is 6.07 Å². The van der Waals surface area contributed by atoms with E-state index in [1.165, 1.54) is 4.90 Å². The van der Waals surface area contributed by atoms with Crippen molar-refractivity contribution in [1.82, 2.24) is 5.16 Å². The number of hydrogen-bond acceptors (Lipinski definition) is 6. The summed E-state index contributed by atoms with van der Waals surface area (Å²) in [5.74, 6) is -0.910. The van der Waals surface area contributed by atoms with Crippen LogP contribution < -0.4 is 10.0 Å². The Morgan fingerprint density at radius 1 is 1.63 bits per heavy atom. The fourth-order valence-electron chi connectivity index (χ4n) is 2.09. The Morgan fingerprint density at radius 2 is 2.32 bits per heavy atom. The lowest BCUT2D eigenvalue weighted by molar-refractivity contribution is -0.117. The van der Waals surface area contributed by atoms with Crippen LogP contribution in [0.1, 0.15) is 17.7 Å². The summed E-state index contributed by atoms with van der Waals surface area (Å²) < 4.78 is 27.0. The number of hydrogen-bond donors (Lipinski definition) is 1. The molecule has 1 saturated heterocycles. The number of aromatic nitrogens is 1. The Labute approximate surface area is 109 Å². The maximum atomic E-state index is 11.8. The summed E-state index contributed by atoms with van der Waals surface area (Å²) >= 11 is 0. The number of primary sulfonamides is 1. The molecule has 2 rings (SSSR count). The number of carbonyl (C=O) groups excluding carboxylic acids is 1. The Kier molecular flexibility index (Phi) is 3.30. The standard InChI is InChI=1S/C10H12N4O4S/c1-6-8(3-11)10(18-13-6)14-4-7(2-9(14)15)5-19(12,16)17/h7H,2,4-5H2,1H3,(H2,12,16,17). The van der Waals surface area contributed by atoms with Crippen LogP contribution in [0.4, 0.5) is 5.88 Å².